The number of aryl methyl sites for hydroxylation is 1. The molecule has 0 aliphatic rings. The van der Waals surface area contributed by atoms with Crippen molar-refractivity contribution < 1.29 is 27.6 Å². The van der Waals surface area contributed by atoms with Crippen LogP contribution in [0.1, 0.15) is 22.8 Å². The predicted octanol–water partition coefficient (Wildman–Crippen LogP) is 7.47. The van der Waals surface area contributed by atoms with Crippen LogP contribution in [0.15, 0.2) is 75.8 Å². The number of anilines is 1. The van der Waals surface area contributed by atoms with Crippen LogP contribution in [-0.4, -0.2) is 30.6 Å². The van der Waals surface area contributed by atoms with E-state index in [0.29, 0.717) is 39.4 Å². The maximum atomic E-state index is 13.2. The van der Waals surface area contributed by atoms with Crippen molar-refractivity contribution in [1.29, 1.82) is 0 Å². The monoisotopic (exact) mass is 573 g/mol. The number of hydrogen-bond acceptors (Lipinski definition) is 7. The molecule has 0 spiro atoms. The molecule has 38 heavy (non-hydrogen) atoms. The first-order valence-corrected chi connectivity index (χ1v) is 13.4. The van der Waals surface area contributed by atoms with Gasteiger partial charge in [0.15, 0.2) is 5.75 Å². The number of nitrogens with zero attached hydrogens (tertiary/aromatic N) is 2. The summed E-state index contributed by atoms with van der Waals surface area (Å²) in [4.78, 5) is 12.7. The molecule has 0 heterocycles. The van der Waals surface area contributed by atoms with E-state index in [4.69, 9.17) is 27.9 Å². The lowest BCUT2D eigenvalue weighted by Crippen LogP contribution is -2.12. The third-order valence-corrected chi connectivity index (χ3v) is 7.11. The summed E-state index contributed by atoms with van der Waals surface area (Å²) in [5.41, 5.74) is 0.344. The fourth-order valence-electron chi connectivity index (χ4n) is 3.67. The fraction of sp³-hybridized carbons (Fsp3) is 0.115. The van der Waals surface area contributed by atoms with Gasteiger partial charge in [-0.15, -0.1) is 10.2 Å². The summed E-state index contributed by atoms with van der Waals surface area (Å²) in [6, 6.07) is 15.4. The largest absolute Gasteiger partial charge is 0.505 e. The summed E-state index contributed by atoms with van der Waals surface area (Å²) in [7, 11) is -4.66. The van der Waals surface area contributed by atoms with Gasteiger partial charge in [-0.25, -0.2) is 0 Å². The highest BCUT2D eigenvalue weighted by atomic mass is 35.5. The first-order chi connectivity index (χ1) is 18.0. The molecule has 0 aromatic heterocycles. The van der Waals surface area contributed by atoms with Gasteiger partial charge in [0.1, 0.15) is 22.0 Å². The number of aromatic hydroxyl groups is 1. The number of phenolic OH excluding ortho intramolecular Hbond substituents is 1. The number of carbonyl (C=O) groups excluding carboxylic acids is 1. The summed E-state index contributed by atoms with van der Waals surface area (Å²) in [6.45, 7) is 3.74. The molecule has 0 saturated heterocycles. The van der Waals surface area contributed by atoms with Gasteiger partial charge < -0.3 is 15.2 Å². The second-order valence-corrected chi connectivity index (χ2v) is 10.3. The van der Waals surface area contributed by atoms with Gasteiger partial charge in [0.05, 0.1) is 17.2 Å². The molecule has 0 atom stereocenters. The molecule has 4 aromatic carbocycles. The Bertz CT molecular complexity index is 1710. The van der Waals surface area contributed by atoms with Crippen molar-refractivity contribution in [2.75, 3.05) is 11.9 Å². The van der Waals surface area contributed by atoms with Gasteiger partial charge in [-0.1, -0.05) is 47.5 Å². The zero-order chi connectivity index (χ0) is 27.6. The number of carbonyl (C=O) groups is 1. The fourth-order valence-corrected chi connectivity index (χ4v) is 4.69. The minimum Gasteiger partial charge on any atom is -0.505 e. The Labute approximate surface area is 228 Å². The standard InChI is InChI=1S/C26H21Cl2N3O6S/c1-3-37-22-12-16(8-9-19(22)27)29-26(33)18-11-15-6-4-5-7-17(15)24(25(18)32)31-30-21-13-20(28)14(2)10-23(21)38(34,35)36/h4-13,32H,3H2,1-2H3,(H,29,33)(H,34,35,36). The number of hydrogen-bond donors (Lipinski definition) is 3. The van der Waals surface area contributed by atoms with Crippen molar-refractivity contribution in [3.8, 4) is 11.5 Å². The molecule has 196 valence electrons. The van der Waals surface area contributed by atoms with Gasteiger partial charge in [-0.2, -0.15) is 8.42 Å². The molecule has 0 aliphatic carbocycles. The van der Waals surface area contributed by atoms with Crippen LogP contribution in [0.4, 0.5) is 17.1 Å². The average Bonchev–Trinajstić information content (AvgIpc) is 2.86. The Morgan fingerprint density at radius 2 is 1.76 bits per heavy atom. The van der Waals surface area contributed by atoms with Gasteiger partial charge in [-0.05, 0) is 55.1 Å². The highest BCUT2D eigenvalue weighted by Gasteiger charge is 2.21. The molecule has 1 amide bonds. The second kappa shape index (κ2) is 11.0. The van der Waals surface area contributed by atoms with E-state index in [1.165, 1.54) is 12.1 Å². The highest BCUT2D eigenvalue weighted by molar-refractivity contribution is 7.86. The van der Waals surface area contributed by atoms with Crippen molar-refractivity contribution in [3.63, 3.8) is 0 Å². The molecular weight excluding hydrogens is 553 g/mol. The van der Waals surface area contributed by atoms with E-state index in [9.17, 15) is 22.9 Å². The molecule has 0 unspecified atom stereocenters. The van der Waals surface area contributed by atoms with Crippen LogP contribution >= 0.6 is 23.2 Å². The van der Waals surface area contributed by atoms with Crippen LogP contribution in [0.2, 0.25) is 10.0 Å². The van der Waals surface area contributed by atoms with Gasteiger partial charge in [0.25, 0.3) is 16.0 Å². The van der Waals surface area contributed by atoms with Gasteiger partial charge in [0.2, 0.25) is 0 Å². The number of azo groups is 1. The second-order valence-electron chi connectivity index (χ2n) is 8.12. The molecule has 12 heteroatoms. The first-order valence-electron chi connectivity index (χ1n) is 11.2. The molecule has 4 rings (SSSR count). The maximum absolute atomic E-state index is 13.2. The third kappa shape index (κ3) is 5.73. The number of halogens is 2. The van der Waals surface area contributed by atoms with E-state index in [-0.39, 0.29) is 22.0 Å². The number of fused-ring (bicyclic) bond motifs is 1. The number of amides is 1. The van der Waals surface area contributed by atoms with Crippen molar-refractivity contribution in [2.45, 2.75) is 18.7 Å². The lowest BCUT2D eigenvalue weighted by atomic mass is 10.0. The molecule has 4 aromatic rings. The molecule has 0 aliphatic heterocycles. The van der Waals surface area contributed by atoms with E-state index < -0.39 is 26.7 Å². The van der Waals surface area contributed by atoms with Crippen LogP contribution in [-0.2, 0) is 10.1 Å². The van der Waals surface area contributed by atoms with E-state index in [2.05, 4.69) is 15.5 Å². The van der Waals surface area contributed by atoms with Crippen molar-refractivity contribution in [1.82, 2.24) is 0 Å². The van der Waals surface area contributed by atoms with E-state index in [1.807, 2.05) is 0 Å². The van der Waals surface area contributed by atoms with Crippen LogP contribution in [0.3, 0.4) is 0 Å². The smallest absolute Gasteiger partial charge is 0.296 e. The Hall–Kier alpha value is -3.70. The van der Waals surface area contributed by atoms with E-state index >= 15 is 0 Å². The molecule has 0 fully saturated rings. The Morgan fingerprint density at radius 1 is 1.03 bits per heavy atom. The van der Waals surface area contributed by atoms with Crippen LogP contribution in [0.5, 0.6) is 11.5 Å². The molecule has 0 bridgehead atoms. The lowest BCUT2D eigenvalue weighted by Gasteiger charge is -2.13. The number of benzene rings is 4. The zero-order valence-electron chi connectivity index (χ0n) is 20.1. The maximum Gasteiger partial charge on any atom is 0.296 e. The van der Waals surface area contributed by atoms with Gasteiger partial charge >= 0.3 is 0 Å². The third-order valence-electron chi connectivity index (χ3n) is 5.50. The van der Waals surface area contributed by atoms with Crippen LogP contribution in [0.25, 0.3) is 10.8 Å². The van der Waals surface area contributed by atoms with E-state index in [0.717, 1.165) is 6.07 Å². The molecular formula is C26H21Cl2N3O6S. The minimum absolute atomic E-state index is 0.0858. The zero-order valence-corrected chi connectivity index (χ0v) is 22.4. The Kier molecular flexibility index (Phi) is 7.89. The van der Waals surface area contributed by atoms with Gasteiger partial charge in [0, 0.05) is 22.2 Å². The summed E-state index contributed by atoms with van der Waals surface area (Å²) in [5.74, 6) is -0.752. The van der Waals surface area contributed by atoms with Crippen molar-refractivity contribution in [3.05, 3.63) is 81.8 Å². The Balaban J connectivity index is 1.80. The van der Waals surface area contributed by atoms with E-state index in [1.54, 1.807) is 56.3 Å². The minimum atomic E-state index is -4.66. The number of phenols is 1. The van der Waals surface area contributed by atoms with Crippen molar-refractivity contribution in [2.24, 2.45) is 10.2 Å². The highest BCUT2D eigenvalue weighted by Crippen LogP contribution is 2.41. The first kappa shape index (κ1) is 27.3. The number of rotatable bonds is 7. The topological polar surface area (TPSA) is 138 Å². The van der Waals surface area contributed by atoms with Crippen molar-refractivity contribution >= 4 is 67.1 Å². The molecule has 0 saturated carbocycles. The SMILES string of the molecule is CCOc1cc(NC(=O)c2cc3ccccc3c(N=Nc3cc(Cl)c(C)cc3S(=O)(=O)O)c2O)ccc1Cl. The molecule has 3 N–H and O–H groups in total. The predicted molar refractivity (Wildman–Crippen MR) is 146 cm³/mol. The quantitative estimate of drug-likeness (QED) is 0.155. The van der Waals surface area contributed by atoms with Gasteiger partial charge in [-0.3, -0.25) is 9.35 Å². The lowest BCUT2D eigenvalue weighted by molar-refractivity contribution is 0.102. The Morgan fingerprint density at radius 3 is 2.47 bits per heavy atom. The normalized spacial score (nSPS) is 11.7. The number of nitrogens with one attached hydrogen (secondary N) is 1. The average molecular weight is 574 g/mol. The summed E-state index contributed by atoms with van der Waals surface area (Å²) >= 11 is 12.3. The summed E-state index contributed by atoms with van der Waals surface area (Å²) in [5, 5.41) is 23.4. The number of ether oxygens (including phenoxy) is 1. The summed E-state index contributed by atoms with van der Waals surface area (Å²) < 4.78 is 38.9. The molecule has 0 radical (unpaired) electrons. The van der Waals surface area contributed by atoms with Crippen LogP contribution in [0, 0.1) is 6.92 Å². The molecule has 9 nitrogen and oxygen atoms in total. The summed E-state index contributed by atoms with van der Waals surface area (Å²) in [6.07, 6.45) is 0. The van der Waals surface area contributed by atoms with Crippen LogP contribution < -0.4 is 10.1 Å².